The molecule has 0 atom stereocenters. The molecule has 2 heterocycles. The molecule has 0 radical (unpaired) electrons. The Balaban J connectivity index is 1.51. The summed E-state index contributed by atoms with van der Waals surface area (Å²) in [5.41, 5.74) is 1.36. The molecule has 1 N–H and O–H groups in total. The van der Waals surface area contributed by atoms with Gasteiger partial charge in [-0.15, -0.1) is 0 Å². The van der Waals surface area contributed by atoms with Crippen LogP contribution in [-0.4, -0.2) is 48.6 Å². The Kier molecular flexibility index (Phi) is 4.44. The highest BCUT2D eigenvalue weighted by Crippen LogP contribution is 2.28. The van der Waals surface area contributed by atoms with Crippen molar-refractivity contribution in [1.82, 2.24) is 15.1 Å². The molecule has 2 aliphatic rings. The Morgan fingerprint density at radius 2 is 2.00 bits per heavy atom. The van der Waals surface area contributed by atoms with Crippen LogP contribution in [0.25, 0.3) is 0 Å². The molecule has 0 amide bonds. The first-order valence-electron chi connectivity index (χ1n) is 8.01. The SMILES string of the molecule is CCNCc1cc(CN2CCN(C3CC3)CC2)c(C)o1. The first-order valence-corrected chi connectivity index (χ1v) is 8.01. The number of hydrogen-bond acceptors (Lipinski definition) is 4. The van der Waals surface area contributed by atoms with Crippen molar-refractivity contribution in [2.75, 3.05) is 32.7 Å². The van der Waals surface area contributed by atoms with Crippen molar-refractivity contribution in [2.24, 2.45) is 0 Å². The first kappa shape index (κ1) is 14.1. The molecule has 1 aliphatic heterocycles. The molecule has 0 unspecified atom stereocenters. The van der Waals surface area contributed by atoms with E-state index in [1.807, 2.05) is 0 Å². The van der Waals surface area contributed by atoms with Crippen molar-refractivity contribution in [3.63, 3.8) is 0 Å². The van der Waals surface area contributed by atoms with Gasteiger partial charge in [0.05, 0.1) is 6.54 Å². The summed E-state index contributed by atoms with van der Waals surface area (Å²) in [5, 5.41) is 3.32. The highest BCUT2D eigenvalue weighted by molar-refractivity contribution is 5.20. The summed E-state index contributed by atoms with van der Waals surface area (Å²) in [7, 11) is 0. The molecule has 1 aromatic heterocycles. The Morgan fingerprint density at radius 1 is 1.25 bits per heavy atom. The quantitative estimate of drug-likeness (QED) is 0.861. The summed E-state index contributed by atoms with van der Waals surface area (Å²) in [4.78, 5) is 5.23. The summed E-state index contributed by atoms with van der Waals surface area (Å²) in [5.74, 6) is 2.15. The van der Waals surface area contributed by atoms with Gasteiger partial charge in [0.25, 0.3) is 0 Å². The topological polar surface area (TPSA) is 31.6 Å². The minimum atomic E-state index is 0.840. The van der Waals surface area contributed by atoms with Crippen molar-refractivity contribution in [3.8, 4) is 0 Å². The molecule has 2 fully saturated rings. The van der Waals surface area contributed by atoms with Crippen LogP contribution in [0.5, 0.6) is 0 Å². The van der Waals surface area contributed by atoms with Crippen molar-refractivity contribution < 1.29 is 4.42 Å². The van der Waals surface area contributed by atoms with E-state index in [4.69, 9.17) is 4.42 Å². The van der Waals surface area contributed by atoms with Gasteiger partial charge in [-0.2, -0.15) is 0 Å². The summed E-state index contributed by atoms with van der Waals surface area (Å²) < 4.78 is 5.83. The average molecular weight is 277 g/mol. The van der Waals surface area contributed by atoms with Gasteiger partial charge < -0.3 is 9.73 Å². The highest BCUT2D eigenvalue weighted by Gasteiger charge is 2.31. The number of hydrogen-bond donors (Lipinski definition) is 1. The largest absolute Gasteiger partial charge is 0.465 e. The van der Waals surface area contributed by atoms with Gasteiger partial charge in [0.1, 0.15) is 11.5 Å². The number of rotatable bonds is 6. The van der Waals surface area contributed by atoms with Crippen molar-refractivity contribution in [1.29, 1.82) is 0 Å². The first-order chi connectivity index (χ1) is 9.76. The third-order valence-electron chi connectivity index (χ3n) is 4.48. The van der Waals surface area contributed by atoms with Crippen LogP contribution in [0.4, 0.5) is 0 Å². The van der Waals surface area contributed by atoms with E-state index in [-0.39, 0.29) is 0 Å². The van der Waals surface area contributed by atoms with Gasteiger partial charge >= 0.3 is 0 Å². The van der Waals surface area contributed by atoms with Crippen LogP contribution < -0.4 is 5.32 Å². The van der Waals surface area contributed by atoms with Crippen LogP contribution in [-0.2, 0) is 13.1 Å². The number of piperazine rings is 1. The number of nitrogens with one attached hydrogen (secondary N) is 1. The molecule has 4 heteroatoms. The van der Waals surface area contributed by atoms with E-state index in [9.17, 15) is 0 Å². The van der Waals surface area contributed by atoms with E-state index in [1.54, 1.807) is 0 Å². The number of aryl methyl sites for hydroxylation is 1. The van der Waals surface area contributed by atoms with E-state index in [2.05, 4.69) is 35.0 Å². The van der Waals surface area contributed by atoms with Crippen LogP contribution in [0.3, 0.4) is 0 Å². The molecule has 0 spiro atoms. The lowest BCUT2D eigenvalue weighted by atomic mass is 10.2. The minimum Gasteiger partial charge on any atom is -0.465 e. The Bertz CT molecular complexity index is 431. The molecule has 0 aromatic carbocycles. The second kappa shape index (κ2) is 6.29. The van der Waals surface area contributed by atoms with Crippen LogP contribution >= 0.6 is 0 Å². The summed E-state index contributed by atoms with van der Waals surface area (Å²) in [6.07, 6.45) is 2.85. The Morgan fingerprint density at radius 3 is 2.65 bits per heavy atom. The lowest BCUT2D eigenvalue weighted by molar-refractivity contribution is 0.121. The van der Waals surface area contributed by atoms with Gasteiger partial charge in [-0.25, -0.2) is 0 Å². The maximum Gasteiger partial charge on any atom is 0.118 e. The van der Waals surface area contributed by atoms with Crippen LogP contribution in [0, 0.1) is 6.92 Å². The van der Waals surface area contributed by atoms with E-state index in [0.29, 0.717) is 0 Å². The molecule has 1 aliphatic carbocycles. The zero-order valence-corrected chi connectivity index (χ0v) is 12.8. The maximum atomic E-state index is 5.83. The molecular formula is C16H27N3O. The lowest BCUT2D eigenvalue weighted by Crippen LogP contribution is -2.46. The van der Waals surface area contributed by atoms with Gasteiger partial charge in [-0.1, -0.05) is 6.92 Å². The van der Waals surface area contributed by atoms with E-state index < -0.39 is 0 Å². The summed E-state index contributed by atoms with van der Waals surface area (Å²) >= 11 is 0. The molecule has 112 valence electrons. The Hall–Kier alpha value is -0.840. The van der Waals surface area contributed by atoms with Crippen LogP contribution in [0.1, 0.15) is 36.8 Å². The highest BCUT2D eigenvalue weighted by atomic mass is 16.3. The Labute approximate surface area is 122 Å². The molecule has 1 saturated carbocycles. The van der Waals surface area contributed by atoms with E-state index >= 15 is 0 Å². The van der Waals surface area contributed by atoms with E-state index in [1.165, 1.54) is 44.6 Å². The standard InChI is InChI=1S/C16H27N3O/c1-3-17-11-16-10-14(13(2)20-16)12-18-6-8-19(9-7-18)15-4-5-15/h10,15,17H,3-9,11-12H2,1-2H3. The third-order valence-corrected chi connectivity index (χ3v) is 4.48. The normalized spacial score (nSPS) is 21.5. The van der Waals surface area contributed by atoms with Crippen molar-refractivity contribution in [2.45, 2.75) is 45.8 Å². The molecule has 4 nitrogen and oxygen atoms in total. The monoisotopic (exact) mass is 277 g/mol. The van der Waals surface area contributed by atoms with Gasteiger partial charge in [0.15, 0.2) is 0 Å². The number of nitrogens with zero attached hydrogens (tertiary/aromatic N) is 2. The molecule has 1 aromatic rings. The number of furan rings is 1. The fraction of sp³-hybridized carbons (Fsp3) is 0.750. The molecule has 0 bridgehead atoms. The summed E-state index contributed by atoms with van der Waals surface area (Å²) in [6, 6.07) is 3.14. The van der Waals surface area contributed by atoms with Gasteiger partial charge in [0, 0.05) is 44.3 Å². The average Bonchev–Trinajstić information content (AvgIpc) is 3.24. The fourth-order valence-electron chi connectivity index (χ4n) is 3.05. The lowest BCUT2D eigenvalue weighted by Gasteiger charge is -2.34. The zero-order valence-electron chi connectivity index (χ0n) is 12.8. The van der Waals surface area contributed by atoms with Gasteiger partial charge in [-0.05, 0) is 32.4 Å². The second-order valence-corrected chi connectivity index (χ2v) is 6.12. The zero-order chi connectivity index (χ0) is 13.9. The van der Waals surface area contributed by atoms with Crippen LogP contribution in [0.15, 0.2) is 10.5 Å². The molecular weight excluding hydrogens is 250 g/mol. The molecule has 1 saturated heterocycles. The molecule has 20 heavy (non-hydrogen) atoms. The summed E-state index contributed by atoms with van der Waals surface area (Å²) in [6.45, 7) is 12.0. The van der Waals surface area contributed by atoms with Crippen LogP contribution in [0.2, 0.25) is 0 Å². The third kappa shape index (κ3) is 3.43. The van der Waals surface area contributed by atoms with Gasteiger partial charge in [0.2, 0.25) is 0 Å². The van der Waals surface area contributed by atoms with Gasteiger partial charge in [-0.3, -0.25) is 9.80 Å². The predicted molar refractivity (Wildman–Crippen MR) is 80.7 cm³/mol. The smallest absolute Gasteiger partial charge is 0.118 e. The van der Waals surface area contributed by atoms with E-state index in [0.717, 1.165) is 37.2 Å². The maximum absolute atomic E-state index is 5.83. The second-order valence-electron chi connectivity index (χ2n) is 6.12. The fourth-order valence-corrected chi connectivity index (χ4v) is 3.05. The van der Waals surface area contributed by atoms with Crippen molar-refractivity contribution >= 4 is 0 Å². The molecule has 3 rings (SSSR count). The predicted octanol–water partition coefficient (Wildman–Crippen LogP) is 1.98. The minimum absolute atomic E-state index is 0.840. The van der Waals surface area contributed by atoms with Crippen molar-refractivity contribution in [3.05, 3.63) is 23.2 Å².